The summed E-state index contributed by atoms with van der Waals surface area (Å²) in [5.41, 5.74) is 1.36. The number of carbonyl (C=O) groups excluding carboxylic acids is 1. The third-order valence-electron chi connectivity index (χ3n) is 4.76. The Bertz CT molecular complexity index is 788. The largest absolute Gasteiger partial charge is 0.493 e. The molecule has 1 saturated heterocycles. The lowest BCUT2D eigenvalue weighted by Crippen LogP contribution is -2.41. The van der Waals surface area contributed by atoms with Crippen molar-refractivity contribution in [2.24, 2.45) is 0 Å². The van der Waals surface area contributed by atoms with Gasteiger partial charge in [-0.2, -0.15) is 0 Å². The molecule has 1 aliphatic carbocycles. The minimum Gasteiger partial charge on any atom is -0.493 e. The van der Waals surface area contributed by atoms with Gasteiger partial charge in [0, 0.05) is 6.04 Å². The van der Waals surface area contributed by atoms with E-state index in [-0.39, 0.29) is 11.9 Å². The molecule has 5 nitrogen and oxygen atoms in total. The van der Waals surface area contributed by atoms with Crippen LogP contribution in [0.1, 0.15) is 37.7 Å². The van der Waals surface area contributed by atoms with Crippen LogP contribution in [0.3, 0.4) is 0 Å². The van der Waals surface area contributed by atoms with Crippen molar-refractivity contribution in [3.05, 3.63) is 39.6 Å². The number of methoxy groups -OCH3 is 1. The number of ether oxygens (including phenoxy) is 2. The van der Waals surface area contributed by atoms with Crippen molar-refractivity contribution in [1.82, 2.24) is 10.2 Å². The zero-order chi connectivity index (χ0) is 19.4. The van der Waals surface area contributed by atoms with Crippen LogP contribution in [0.25, 0.3) is 6.08 Å². The molecule has 27 heavy (non-hydrogen) atoms. The van der Waals surface area contributed by atoms with E-state index in [1.54, 1.807) is 18.1 Å². The summed E-state index contributed by atoms with van der Waals surface area (Å²) in [7, 11) is 1.60. The number of benzene rings is 1. The van der Waals surface area contributed by atoms with Crippen LogP contribution in [0, 0.1) is 3.57 Å². The molecule has 0 spiro atoms. The highest BCUT2D eigenvalue weighted by atomic mass is 127. The minimum atomic E-state index is -0.0483. The Morgan fingerprint density at radius 3 is 2.78 bits per heavy atom. The first-order valence-electron chi connectivity index (χ1n) is 9.02. The van der Waals surface area contributed by atoms with Crippen LogP contribution in [0.2, 0.25) is 0 Å². The van der Waals surface area contributed by atoms with Crippen LogP contribution in [0.4, 0.5) is 0 Å². The van der Waals surface area contributed by atoms with E-state index in [4.69, 9.17) is 21.7 Å². The van der Waals surface area contributed by atoms with Gasteiger partial charge in [0.1, 0.15) is 12.3 Å². The third kappa shape index (κ3) is 4.45. The summed E-state index contributed by atoms with van der Waals surface area (Å²) in [5.74, 6) is 1.24. The first-order chi connectivity index (χ1) is 13.0. The van der Waals surface area contributed by atoms with Gasteiger partial charge in [0.2, 0.25) is 0 Å². The highest BCUT2D eigenvalue weighted by molar-refractivity contribution is 14.1. The van der Waals surface area contributed by atoms with Crippen LogP contribution in [0.5, 0.6) is 11.5 Å². The van der Waals surface area contributed by atoms with Gasteiger partial charge in [-0.05, 0) is 71.4 Å². The zero-order valence-corrected chi connectivity index (χ0v) is 18.3. The fourth-order valence-electron chi connectivity index (χ4n) is 3.49. The highest BCUT2D eigenvalue weighted by Crippen LogP contribution is 2.35. The third-order valence-corrected chi connectivity index (χ3v) is 5.86. The van der Waals surface area contributed by atoms with Gasteiger partial charge >= 0.3 is 0 Å². The fourth-order valence-corrected chi connectivity index (χ4v) is 4.61. The molecule has 2 fully saturated rings. The van der Waals surface area contributed by atoms with Crippen LogP contribution in [0.15, 0.2) is 30.5 Å². The first kappa shape index (κ1) is 20.1. The lowest BCUT2D eigenvalue weighted by atomic mass is 9.94. The molecular formula is C20H23IN2O3S. The Balaban J connectivity index is 1.85. The maximum absolute atomic E-state index is 12.9. The number of nitrogens with one attached hydrogen (secondary N) is 1. The summed E-state index contributed by atoms with van der Waals surface area (Å²) < 4.78 is 12.0. The Hall–Kier alpha value is -1.61. The molecule has 0 atom stereocenters. The predicted octanol–water partition coefficient (Wildman–Crippen LogP) is 4.25. The predicted molar refractivity (Wildman–Crippen MR) is 119 cm³/mol. The van der Waals surface area contributed by atoms with E-state index < -0.39 is 0 Å². The molecular weight excluding hydrogens is 475 g/mol. The van der Waals surface area contributed by atoms with Crippen LogP contribution in [-0.2, 0) is 4.79 Å². The molecule has 0 radical (unpaired) electrons. The molecule has 2 aliphatic rings. The van der Waals surface area contributed by atoms with Crippen molar-refractivity contribution in [2.75, 3.05) is 13.7 Å². The molecule has 7 heteroatoms. The SMILES string of the molecule is C=CCOc1c(I)cc(/C=C2\NC(=S)N(C3CCCCC3)C2=O)cc1OC. The second-order valence-electron chi connectivity index (χ2n) is 6.59. The van der Waals surface area contributed by atoms with Crippen molar-refractivity contribution >= 4 is 51.9 Å². The van der Waals surface area contributed by atoms with Crippen LogP contribution in [-0.4, -0.2) is 35.7 Å². The Kier molecular flexibility index (Phi) is 6.75. The van der Waals surface area contributed by atoms with Gasteiger partial charge in [-0.15, -0.1) is 0 Å². The molecule has 0 unspecified atom stereocenters. The van der Waals surface area contributed by atoms with Crippen LogP contribution < -0.4 is 14.8 Å². The quantitative estimate of drug-likeness (QED) is 0.275. The van der Waals surface area contributed by atoms with Crippen molar-refractivity contribution in [1.29, 1.82) is 0 Å². The molecule has 1 aliphatic heterocycles. The number of hydrogen-bond acceptors (Lipinski definition) is 4. The summed E-state index contributed by atoms with van der Waals surface area (Å²) in [6, 6.07) is 4.02. The lowest BCUT2D eigenvalue weighted by Gasteiger charge is -2.29. The second kappa shape index (κ2) is 9.05. The number of carbonyl (C=O) groups is 1. The molecule has 1 aromatic rings. The molecule has 144 valence electrons. The van der Waals surface area contributed by atoms with Crippen molar-refractivity contribution in [3.63, 3.8) is 0 Å². The Labute approximate surface area is 178 Å². The minimum absolute atomic E-state index is 0.0483. The Morgan fingerprint density at radius 1 is 1.37 bits per heavy atom. The number of thiocarbonyl (C=S) groups is 1. The zero-order valence-electron chi connectivity index (χ0n) is 15.3. The molecule has 3 rings (SSSR count). The van der Waals surface area contributed by atoms with Crippen molar-refractivity contribution in [2.45, 2.75) is 38.1 Å². The molecule has 1 N–H and O–H groups in total. The molecule has 1 aromatic carbocycles. The number of nitrogens with zero attached hydrogens (tertiary/aromatic N) is 1. The Morgan fingerprint density at radius 2 is 2.11 bits per heavy atom. The van der Waals surface area contributed by atoms with E-state index in [9.17, 15) is 4.79 Å². The van der Waals surface area contributed by atoms with Gasteiger partial charge in [-0.3, -0.25) is 9.69 Å². The standard InChI is InChI=1S/C20H23IN2O3S/c1-3-9-26-18-15(21)10-13(12-17(18)25-2)11-16-19(24)23(20(27)22-16)14-7-5-4-6-8-14/h3,10-12,14H,1,4-9H2,2H3,(H,22,27)/b16-11-. The van der Waals surface area contributed by atoms with Gasteiger partial charge < -0.3 is 14.8 Å². The average Bonchev–Trinajstić information content (AvgIpc) is 2.94. The molecule has 1 saturated carbocycles. The first-order valence-corrected chi connectivity index (χ1v) is 10.5. The smallest absolute Gasteiger partial charge is 0.276 e. The summed E-state index contributed by atoms with van der Waals surface area (Å²) in [6.07, 6.45) is 9.08. The normalized spacial score (nSPS) is 19.3. The number of amides is 1. The summed E-state index contributed by atoms with van der Waals surface area (Å²) >= 11 is 7.63. The van der Waals surface area contributed by atoms with Gasteiger partial charge in [-0.1, -0.05) is 31.9 Å². The molecule has 1 amide bonds. The topological polar surface area (TPSA) is 50.8 Å². The second-order valence-corrected chi connectivity index (χ2v) is 8.14. The molecule has 0 aromatic heterocycles. The van der Waals surface area contributed by atoms with E-state index in [1.807, 2.05) is 18.2 Å². The van der Waals surface area contributed by atoms with E-state index >= 15 is 0 Å². The van der Waals surface area contributed by atoms with E-state index in [0.29, 0.717) is 28.9 Å². The number of halogens is 1. The van der Waals surface area contributed by atoms with E-state index in [1.165, 1.54) is 6.42 Å². The lowest BCUT2D eigenvalue weighted by molar-refractivity contribution is -0.124. The number of hydrogen-bond donors (Lipinski definition) is 1. The maximum Gasteiger partial charge on any atom is 0.276 e. The summed E-state index contributed by atoms with van der Waals surface area (Å²) in [4.78, 5) is 14.7. The summed E-state index contributed by atoms with van der Waals surface area (Å²) in [6.45, 7) is 4.07. The maximum atomic E-state index is 12.9. The van der Waals surface area contributed by atoms with Gasteiger partial charge in [-0.25, -0.2) is 0 Å². The van der Waals surface area contributed by atoms with E-state index in [0.717, 1.165) is 34.8 Å². The van der Waals surface area contributed by atoms with Crippen molar-refractivity contribution < 1.29 is 14.3 Å². The van der Waals surface area contributed by atoms with Gasteiger partial charge in [0.05, 0.1) is 10.7 Å². The van der Waals surface area contributed by atoms with Gasteiger partial charge in [0.25, 0.3) is 5.91 Å². The fraction of sp³-hybridized carbons (Fsp3) is 0.400. The highest BCUT2D eigenvalue weighted by Gasteiger charge is 2.36. The summed E-state index contributed by atoms with van der Waals surface area (Å²) in [5, 5.41) is 3.59. The monoisotopic (exact) mass is 498 g/mol. The average molecular weight is 498 g/mol. The number of rotatable bonds is 6. The van der Waals surface area contributed by atoms with Gasteiger partial charge in [0.15, 0.2) is 16.6 Å². The molecule has 1 heterocycles. The molecule has 0 bridgehead atoms. The van der Waals surface area contributed by atoms with Crippen LogP contribution >= 0.6 is 34.8 Å². The van der Waals surface area contributed by atoms with E-state index in [2.05, 4.69) is 34.5 Å². The van der Waals surface area contributed by atoms with Crippen molar-refractivity contribution in [3.8, 4) is 11.5 Å².